The summed E-state index contributed by atoms with van der Waals surface area (Å²) in [4.78, 5) is 28.4. The predicted octanol–water partition coefficient (Wildman–Crippen LogP) is 0.705. The van der Waals surface area contributed by atoms with Crippen LogP contribution in [0.15, 0.2) is 22.0 Å². The second-order valence-corrected chi connectivity index (χ2v) is 3.89. The van der Waals surface area contributed by atoms with E-state index in [1.165, 1.54) is 0 Å². The lowest BCUT2D eigenvalue weighted by Crippen LogP contribution is -2.21. The number of nitrogens with one attached hydrogen (secondary N) is 2. The van der Waals surface area contributed by atoms with E-state index >= 15 is 0 Å². The van der Waals surface area contributed by atoms with E-state index in [1.54, 1.807) is 12.4 Å². The van der Waals surface area contributed by atoms with Crippen molar-refractivity contribution in [3.63, 3.8) is 0 Å². The molecular weight excluding hydrogens is 192 g/mol. The van der Waals surface area contributed by atoms with Gasteiger partial charge in [-0.05, 0) is 30.4 Å². The second-order valence-electron chi connectivity index (χ2n) is 3.89. The van der Waals surface area contributed by atoms with Crippen LogP contribution in [-0.2, 0) is 12.8 Å². The van der Waals surface area contributed by atoms with Gasteiger partial charge in [-0.2, -0.15) is 0 Å². The number of aryl methyl sites for hydroxylation is 2. The van der Waals surface area contributed by atoms with E-state index in [0.29, 0.717) is 0 Å². The van der Waals surface area contributed by atoms with Crippen LogP contribution in [0, 0.1) is 0 Å². The number of rotatable bonds is 0. The van der Waals surface area contributed by atoms with Gasteiger partial charge in [0.25, 0.3) is 11.1 Å². The summed E-state index contributed by atoms with van der Waals surface area (Å²) in [6.07, 6.45) is 6.40. The van der Waals surface area contributed by atoms with Gasteiger partial charge >= 0.3 is 0 Å². The number of hydrogen-bond acceptors (Lipinski definition) is 2. The summed E-state index contributed by atoms with van der Waals surface area (Å²) in [7, 11) is 0. The van der Waals surface area contributed by atoms with Crippen molar-refractivity contribution in [3.8, 4) is 0 Å². The van der Waals surface area contributed by atoms with Crippen molar-refractivity contribution in [2.24, 2.45) is 0 Å². The Bertz CT molecular complexity index is 599. The first-order valence-corrected chi connectivity index (χ1v) is 5.02. The minimum atomic E-state index is -0.293. The molecule has 3 rings (SSSR count). The molecule has 2 N–H and O–H groups in total. The maximum Gasteiger partial charge on any atom is 0.261 e. The molecule has 15 heavy (non-hydrogen) atoms. The molecule has 0 aromatic carbocycles. The summed E-state index contributed by atoms with van der Waals surface area (Å²) < 4.78 is 0. The van der Waals surface area contributed by atoms with Gasteiger partial charge in [0.1, 0.15) is 5.39 Å². The standard InChI is InChI=1S/C11H10N2O2/c14-10-9-8-6(4-12-10)2-1-3-7(8)5-13-11(9)15/h4-5H,1-3H2,(H,12,14)(H,13,15). The fourth-order valence-electron chi connectivity index (χ4n) is 2.32. The summed E-state index contributed by atoms with van der Waals surface area (Å²) >= 11 is 0. The topological polar surface area (TPSA) is 65.7 Å². The van der Waals surface area contributed by atoms with Crippen molar-refractivity contribution in [1.82, 2.24) is 9.97 Å². The van der Waals surface area contributed by atoms with E-state index in [4.69, 9.17) is 0 Å². The van der Waals surface area contributed by atoms with Gasteiger partial charge in [0, 0.05) is 17.8 Å². The maximum atomic E-state index is 11.6. The Morgan fingerprint density at radius 2 is 1.40 bits per heavy atom. The zero-order valence-electron chi connectivity index (χ0n) is 8.09. The molecule has 4 nitrogen and oxygen atoms in total. The van der Waals surface area contributed by atoms with E-state index in [2.05, 4.69) is 9.97 Å². The van der Waals surface area contributed by atoms with Crippen molar-refractivity contribution in [3.05, 3.63) is 44.2 Å². The van der Waals surface area contributed by atoms with Crippen molar-refractivity contribution in [2.75, 3.05) is 0 Å². The molecule has 0 unspecified atom stereocenters. The van der Waals surface area contributed by atoms with Crippen LogP contribution in [0.5, 0.6) is 0 Å². The SMILES string of the molecule is O=c1[nH]cc2c3c(c[nH]c(=O)c13)CCC2. The van der Waals surface area contributed by atoms with Crippen LogP contribution in [0.4, 0.5) is 0 Å². The molecule has 2 aromatic rings. The predicted molar refractivity (Wildman–Crippen MR) is 57.2 cm³/mol. The molecular formula is C11H10N2O2. The number of hydrogen-bond donors (Lipinski definition) is 2. The lowest BCUT2D eigenvalue weighted by Gasteiger charge is -2.15. The molecule has 0 bridgehead atoms. The average molecular weight is 202 g/mol. The highest BCUT2D eigenvalue weighted by Crippen LogP contribution is 2.24. The highest BCUT2D eigenvalue weighted by atomic mass is 16.1. The molecule has 0 saturated carbocycles. The zero-order valence-corrected chi connectivity index (χ0v) is 8.09. The maximum absolute atomic E-state index is 11.6. The van der Waals surface area contributed by atoms with Crippen LogP contribution < -0.4 is 11.1 Å². The van der Waals surface area contributed by atoms with E-state index in [1.807, 2.05) is 0 Å². The lowest BCUT2D eigenvalue weighted by atomic mass is 9.92. The van der Waals surface area contributed by atoms with Gasteiger partial charge in [0.05, 0.1) is 0 Å². The highest BCUT2D eigenvalue weighted by Gasteiger charge is 2.16. The Morgan fingerprint density at radius 3 is 1.93 bits per heavy atom. The van der Waals surface area contributed by atoms with Crippen molar-refractivity contribution in [2.45, 2.75) is 19.3 Å². The average Bonchev–Trinajstić information content (AvgIpc) is 2.25. The Morgan fingerprint density at radius 1 is 0.867 bits per heavy atom. The fraction of sp³-hybridized carbons (Fsp3) is 0.273. The molecule has 2 aromatic heterocycles. The monoisotopic (exact) mass is 202 g/mol. The van der Waals surface area contributed by atoms with Crippen LogP contribution in [0.3, 0.4) is 0 Å². The Balaban J connectivity index is 2.66. The van der Waals surface area contributed by atoms with Gasteiger partial charge in [-0.3, -0.25) is 9.59 Å². The molecule has 0 fully saturated rings. The van der Waals surface area contributed by atoms with Crippen LogP contribution >= 0.6 is 0 Å². The molecule has 4 heteroatoms. The van der Waals surface area contributed by atoms with Gasteiger partial charge in [0.2, 0.25) is 0 Å². The quantitative estimate of drug-likeness (QED) is 0.660. The molecule has 2 heterocycles. The van der Waals surface area contributed by atoms with E-state index < -0.39 is 0 Å². The molecule has 0 radical (unpaired) electrons. The van der Waals surface area contributed by atoms with E-state index in [-0.39, 0.29) is 16.5 Å². The Kier molecular flexibility index (Phi) is 1.59. The second kappa shape index (κ2) is 2.82. The first kappa shape index (κ1) is 8.47. The third-order valence-corrected chi connectivity index (χ3v) is 2.99. The Hall–Kier alpha value is -1.84. The number of aromatic nitrogens is 2. The molecule has 1 aliphatic rings. The van der Waals surface area contributed by atoms with Gasteiger partial charge in [0.15, 0.2) is 0 Å². The molecule has 0 saturated heterocycles. The fourth-order valence-corrected chi connectivity index (χ4v) is 2.32. The van der Waals surface area contributed by atoms with Crippen molar-refractivity contribution >= 4 is 10.8 Å². The van der Waals surface area contributed by atoms with Crippen LogP contribution in [0.1, 0.15) is 17.5 Å². The zero-order chi connectivity index (χ0) is 10.4. The van der Waals surface area contributed by atoms with Crippen molar-refractivity contribution < 1.29 is 0 Å². The van der Waals surface area contributed by atoms with Crippen LogP contribution in [-0.4, -0.2) is 9.97 Å². The number of pyridine rings is 2. The first-order valence-electron chi connectivity index (χ1n) is 5.02. The van der Waals surface area contributed by atoms with E-state index in [9.17, 15) is 9.59 Å². The van der Waals surface area contributed by atoms with Crippen LogP contribution in [0.25, 0.3) is 10.8 Å². The smallest absolute Gasteiger partial charge is 0.261 e. The summed E-state index contributed by atoms with van der Waals surface area (Å²) in [6.45, 7) is 0. The van der Waals surface area contributed by atoms with Gasteiger partial charge in [-0.15, -0.1) is 0 Å². The Labute approximate surface area is 85.0 Å². The molecule has 0 atom stereocenters. The van der Waals surface area contributed by atoms with Gasteiger partial charge < -0.3 is 9.97 Å². The molecule has 1 aliphatic carbocycles. The largest absolute Gasteiger partial charge is 0.328 e. The summed E-state index contributed by atoms with van der Waals surface area (Å²) in [6, 6.07) is 0. The third-order valence-electron chi connectivity index (χ3n) is 2.99. The minimum absolute atomic E-state index is 0.282. The summed E-state index contributed by atoms with van der Waals surface area (Å²) in [5.41, 5.74) is 1.58. The third kappa shape index (κ3) is 1.08. The number of aromatic amines is 2. The lowest BCUT2D eigenvalue weighted by molar-refractivity contribution is 0.798. The van der Waals surface area contributed by atoms with Crippen LogP contribution in [0.2, 0.25) is 0 Å². The molecule has 0 amide bonds. The molecule has 76 valence electrons. The molecule has 0 spiro atoms. The van der Waals surface area contributed by atoms with Gasteiger partial charge in [-0.1, -0.05) is 0 Å². The number of H-pyrrole nitrogens is 2. The molecule has 0 aliphatic heterocycles. The van der Waals surface area contributed by atoms with Crippen molar-refractivity contribution in [1.29, 1.82) is 0 Å². The highest BCUT2D eigenvalue weighted by molar-refractivity contribution is 5.87. The van der Waals surface area contributed by atoms with E-state index in [0.717, 1.165) is 35.8 Å². The normalized spacial score (nSPS) is 14.4. The first-order chi connectivity index (χ1) is 7.27. The van der Waals surface area contributed by atoms with Gasteiger partial charge in [-0.25, -0.2) is 0 Å². The summed E-state index contributed by atoms with van der Waals surface area (Å²) in [5, 5.41) is 1.15. The summed E-state index contributed by atoms with van der Waals surface area (Å²) in [5.74, 6) is 0. The minimum Gasteiger partial charge on any atom is -0.328 e.